The first kappa shape index (κ1) is 17.3. The van der Waals surface area contributed by atoms with Crippen LogP contribution in [0.3, 0.4) is 0 Å². The largest absolute Gasteiger partial charge is 0.493 e. The lowest BCUT2D eigenvalue weighted by atomic mass is 10.1. The van der Waals surface area contributed by atoms with Crippen LogP contribution in [0.15, 0.2) is 18.2 Å². The summed E-state index contributed by atoms with van der Waals surface area (Å²) in [6.45, 7) is 5.95. The zero-order valence-electron chi connectivity index (χ0n) is 13.3. The van der Waals surface area contributed by atoms with Crippen molar-refractivity contribution in [3.8, 4) is 11.5 Å². The van der Waals surface area contributed by atoms with Gasteiger partial charge in [0.2, 0.25) is 0 Å². The Balaban J connectivity index is 2.60. The molecule has 5 heteroatoms. The van der Waals surface area contributed by atoms with Gasteiger partial charge in [0.05, 0.1) is 7.11 Å². The molecule has 0 heterocycles. The van der Waals surface area contributed by atoms with Crippen LogP contribution >= 0.6 is 0 Å². The van der Waals surface area contributed by atoms with Crippen molar-refractivity contribution in [3.05, 3.63) is 23.8 Å². The van der Waals surface area contributed by atoms with Gasteiger partial charge in [-0.05, 0) is 38.0 Å². The fraction of sp³-hybridized carbons (Fsp3) is 0.562. The first-order chi connectivity index (χ1) is 9.97. The number of carbonyl (C=O) groups excluding carboxylic acids is 1. The molecule has 118 valence electrons. The molecule has 0 spiro atoms. The van der Waals surface area contributed by atoms with Crippen molar-refractivity contribution in [2.24, 2.45) is 5.73 Å². The quantitative estimate of drug-likeness (QED) is 0.772. The Hall–Kier alpha value is -1.75. The van der Waals surface area contributed by atoms with Crippen LogP contribution in [0.4, 0.5) is 0 Å². The summed E-state index contributed by atoms with van der Waals surface area (Å²) in [7, 11) is 1.57. The molecule has 0 bridgehead atoms. The summed E-state index contributed by atoms with van der Waals surface area (Å²) >= 11 is 0. The number of hydrogen-bond donors (Lipinski definition) is 2. The van der Waals surface area contributed by atoms with Crippen molar-refractivity contribution in [1.29, 1.82) is 0 Å². The Labute approximate surface area is 126 Å². The Kier molecular flexibility index (Phi) is 7.02. The third-order valence-electron chi connectivity index (χ3n) is 3.20. The van der Waals surface area contributed by atoms with Crippen LogP contribution in [-0.4, -0.2) is 25.7 Å². The van der Waals surface area contributed by atoms with Crippen molar-refractivity contribution >= 4 is 5.91 Å². The number of rotatable bonds is 8. The standard InChI is InChI=1S/C16H26N2O3/c1-5-6-11(2)18-16(19)10-21-14-8-7-13(12(3)17)9-15(14)20-4/h7-9,11-12H,5-6,10,17H2,1-4H3,(H,18,19). The maximum Gasteiger partial charge on any atom is 0.258 e. The van der Waals surface area contributed by atoms with E-state index in [9.17, 15) is 4.79 Å². The van der Waals surface area contributed by atoms with Crippen molar-refractivity contribution < 1.29 is 14.3 Å². The highest BCUT2D eigenvalue weighted by molar-refractivity contribution is 5.77. The van der Waals surface area contributed by atoms with E-state index in [1.807, 2.05) is 26.0 Å². The van der Waals surface area contributed by atoms with Crippen LogP contribution in [0.2, 0.25) is 0 Å². The summed E-state index contributed by atoms with van der Waals surface area (Å²) in [6.07, 6.45) is 1.99. The first-order valence-corrected chi connectivity index (χ1v) is 7.33. The maximum atomic E-state index is 11.8. The second kappa shape index (κ2) is 8.52. The van der Waals surface area contributed by atoms with Gasteiger partial charge in [0.25, 0.3) is 5.91 Å². The zero-order chi connectivity index (χ0) is 15.8. The van der Waals surface area contributed by atoms with E-state index in [0.717, 1.165) is 18.4 Å². The minimum absolute atomic E-state index is 0.0259. The Morgan fingerprint density at radius 2 is 2.05 bits per heavy atom. The minimum atomic E-state index is -0.130. The van der Waals surface area contributed by atoms with Crippen LogP contribution < -0.4 is 20.5 Å². The Morgan fingerprint density at radius 3 is 2.62 bits per heavy atom. The molecule has 2 atom stereocenters. The molecule has 0 radical (unpaired) electrons. The lowest BCUT2D eigenvalue weighted by Crippen LogP contribution is -2.35. The highest BCUT2D eigenvalue weighted by Crippen LogP contribution is 2.29. The van der Waals surface area contributed by atoms with E-state index in [-0.39, 0.29) is 24.6 Å². The number of amides is 1. The van der Waals surface area contributed by atoms with Gasteiger partial charge < -0.3 is 20.5 Å². The predicted octanol–water partition coefficient (Wildman–Crippen LogP) is 2.40. The van der Waals surface area contributed by atoms with Gasteiger partial charge in [-0.3, -0.25) is 4.79 Å². The summed E-state index contributed by atoms with van der Waals surface area (Å²) < 4.78 is 10.8. The van der Waals surface area contributed by atoms with E-state index in [4.69, 9.17) is 15.2 Å². The van der Waals surface area contributed by atoms with Gasteiger partial charge in [-0.15, -0.1) is 0 Å². The monoisotopic (exact) mass is 294 g/mol. The zero-order valence-corrected chi connectivity index (χ0v) is 13.3. The number of nitrogens with two attached hydrogens (primary N) is 1. The smallest absolute Gasteiger partial charge is 0.258 e. The van der Waals surface area contributed by atoms with Crippen LogP contribution in [0.1, 0.15) is 45.2 Å². The van der Waals surface area contributed by atoms with E-state index in [1.54, 1.807) is 13.2 Å². The highest BCUT2D eigenvalue weighted by Gasteiger charge is 2.11. The van der Waals surface area contributed by atoms with Crippen molar-refractivity contribution in [2.75, 3.05) is 13.7 Å². The van der Waals surface area contributed by atoms with E-state index < -0.39 is 0 Å². The van der Waals surface area contributed by atoms with Crippen LogP contribution in [-0.2, 0) is 4.79 Å². The lowest BCUT2D eigenvalue weighted by Gasteiger charge is -2.15. The molecule has 0 saturated carbocycles. The molecule has 1 rings (SSSR count). The molecule has 0 fully saturated rings. The molecule has 0 aliphatic carbocycles. The van der Waals surface area contributed by atoms with E-state index in [1.165, 1.54) is 0 Å². The van der Waals surface area contributed by atoms with Gasteiger partial charge >= 0.3 is 0 Å². The summed E-state index contributed by atoms with van der Waals surface area (Å²) in [6, 6.07) is 5.57. The average Bonchev–Trinajstić information content (AvgIpc) is 2.44. The molecule has 0 aliphatic rings. The number of ether oxygens (including phenoxy) is 2. The van der Waals surface area contributed by atoms with Crippen LogP contribution in [0.5, 0.6) is 11.5 Å². The van der Waals surface area contributed by atoms with E-state index >= 15 is 0 Å². The maximum absolute atomic E-state index is 11.8. The van der Waals surface area contributed by atoms with E-state index in [0.29, 0.717) is 11.5 Å². The summed E-state index contributed by atoms with van der Waals surface area (Å²) in [5.41, 5.74) is 6.79. The molecule has 21 heavy (non-hydrogen) atoms. The van der Waals surface area contributed by atoms with Crippen molar-refractivity contribution in [1.82, 2.24) is 5.32 Å². The van der Waals surface area contributed by atoms with Crippen molar-refractivity contribution in [2.45, 2.75) is 45.7 Å². The number of carbonyl (C=O) groups is 1. The van der Waals surface area contributed by atoms with Gasteiger partial charge in [-0.25, -0.2) is 0 Å². The molecule has 0 aromatic heterocycles. The fourth-order valence-electron chi connectivity index (χ4n) is 2.05. The number of benzene rings is 1. The Bertz CT molecular complexity index is 461. The average molecular weight is 294 g/mol. The summed E-state index contributed by atoms with van der Waals surface area (Å²) in [5, 5.41) is 2.89. The lowest BCUT2D eigenvalue weighted by molar-refractivity contribution is -0.123. The van der Waals surface area contributed by atoms with Crippen molar-refractivity contribution in [3.63, 3.8) is 0 Å². The predicted molar refractivity (Wildman–Crippen MR) is 83.6 cm³/mol. The number of nitrogens with one attached hydrogen (secondary N) is 1. The molecule has 1 aromatic carbocycles. The second-order valence-corrected chi connectivity index (χ2v) is 5.24. The highest BCUT2D eigenvalue weighted by atomic mass is 16.5. The van der Waals surface area contributed by atoms with Gasteiger partial charge in [0, 0.05) is 12.1 Å². The topological polar surface area (TPSA) is 73.6 Å². The first-order valence-electron chi connectivity index (χ1n) is 7.33. The summed E-state index contributed by atoms with van der Waals surface area (Å²) in [4.78, 5) is 11.8. The summed E-state index contributed by atoms with van der Waals surface area (Å²) in [5.74, 6) is 0.994. The molecule has 2 unspecified atom stereocenters. The number of methoxy groups -OCH3 is 1. The normalized spacial score (nSPS) is 13.4. The SMILES string of the molecule is CCCC(C)NC(=O)COc1ccc(C(C)N)cc1OC. The number of hydrogen-bond acceptors (Lipinski definition) is 4. The third kappa shape index (κ3) is 5.63. The van der Waals surface area contributed by atoms with Gasteiger partial charge in [-0.1, -0.05) is 19.4 Å². The molecule has 1 amide bonds. The van der Waals surface area contributed by atoms with Gasteiger partial charge in [-0.2, -0.15) is 0 Å². The fourth-order valence-corrected chi connectivity index (χ4v) is 2.05. The van der Waals surface area contributed by atoms with Crippen LogP contribution in [0, 0.1) is 0 Å². The molecule has 5 nitrogen and oxygen atoms in total. The second-order valence-electron chi connectivity index (χ2n) is 5.24. The van der Waals surface area contributed by atoms with Gasteiger partial charge in [0.1, 0.15) is 0 Å². The Morgan fingerprint density at radius 1 is 1.33 bits per heavy atom. The molecule has 0 aliphatic heterocycles. The molecule has 1 aromatic rings. The molecule has 0 saturated heterocycles. The molecule has 3 N–H and O–H groups in total. The minimum Gasteiger partial charge on any atom is -0.493 e. The van der Waals surface area contributed by atoms with Crippen LogP contribution in [0.25, 0.3) is 0 Å². The third-order valence-corrected chi connectivity index (χ3v) is 3.20. The molecular weight excluding hydrogens is 268 g/mol. The van der Waals surface area contributed by atoms with Gasteiger partial charge in [0.15, 0.2) is 18.1 Å². The van der Waals surface area contributed by atoms with E-state index in [2.05, 4.69) is 12.2 Å². The molecular formula is C16H26N2O3.